The number of aromatic nitrogens is 2. The molecule has 0 saturated heterocycles. The van der Waals surface area contributed by atoms with Crippen molar-refractivity contribution in [2.75, 3.05) is 20.1 Å². The Morgan fingerprint density at radius 2 is 2.07 bits per heavy atom. The number of halogens is 1. The third kappa shape index (κ3) is 6.10. The summed E-state index contributed by atoms with van der Waals surface area (Å²) in [5.41, 5.74) is 2.41. The maximum Gasteiger partial charge on any atom is 0.228 e. The summed E-state index contributed by atoms with van der Waals surface area (Å²) < 4.78 is 5.32. The maximum absolute atomic E-state index is 6.01. The van der Waals surface area contributed by atoms with Crippen LogP contribution in [0.2, 0.25) is 5.02 Å². The van der Waals surface area contributed by atoms with Crippen molar-refractivity contribution in [3.8, 4) is 11.4 Å². The molecule has 0 radical (unpaired) electrons. The summed E-state index contributed by atoms with van der Waals surface area (Å²) in [5.74, 6) is 1.93. The zero-order chi connectivity index (χ0) is 18.9. The van der Waals surface area contributed by atoms with Crippen LogP contribution in [-0.2, 0) is 6.42 Å². The van der Waals surface area contributed by atoms with Crippen molar-refractivity contribution < 1.29 is 4.52 Å². The predicted octanol–water partition coefficient (Wildman–Crippen LogP) is 3.99. The summed E-state index contributed by atoms with van der Waals surface area (Å²) in [6, 6.07) is 7.42. The molecule has 0 atom stereocenters. The fourth-order valence-electron chi connectivity index (χ4n) is 3.08. The molecule has 2 aromatic rings. The number of aliphatic imine (C=N–C) groups is 1. The third-order valence-corrected chi connectivity index (χ3v) is 4.76. The van der Waals surface area contributed by atoms with E-state index in [9.17, 15) is 0 Å². The Bertz CT molecular complexity index is 799. The summed E-state index contributed by atoms with van der Waals surface area (Å²) in [6.45, 7) is 1.56. The molecule has 3 rings (SSSR count). The van der Waals surface area contributed by atoms with Crippen LogP contribution in [0.1, 0.15) is 38.0 Å². The van der Waals surface area contributed by atoms with Gasteiger partial charge in [-0.1, -0.05) is 40.5 Å². The van der Waals surface area contributed by atoms with Gasteiger partial charge in [0.1, 0.15) is 0 Å². The van der Waals surface area contributed by atoms with Crippen molar-refractivity contribution in [2.45, 2.75) is 38.5 Å². The third-order valence-electron chi connectivity index (χ3n) is 4.53. The van der Waals surface area contributed by atoms with Crippen molar-refractivity contribution in [1.29, 1.82) is 0 Å². The van der Waals surface area contributed by atoms with Crippen molar-refractivity contribution in [3.05, 3.63) is 46.8 Å². The van der Waals surface area contributed by atoms with Crippen LogP contribution in [0.5, 0.6) is 0 Å². The van der Waals surface area contributed by atoms with E-state index < -0.39 is 0 Å². The van der Waals surface area contributed by atoms with Crippen LogP contribution >= 0.6 is 11.6 Å². The van der Waals surface area contributed by atoms with Gasteiger partial charge in [-0.15, -0.1) is 0 Å². The van der Waals surface area contributed by atoms with Crippen molar-refractivity contribution >= 4 is 17.6 Å². The van der Waals surface area contributed by atoms with Gasteiger partial charge in [-0.25, -0.2) is 0 Å². The predicted molar refractivity (Wildman–Crippen MR) is 109 cm³/mol. The lowest BCUT2D eigenvalue weighted by Crippen LogP contribution is -2.38. The molecule has 0 bridgehead atoms. The summed E-state index contributed by atoms with van der Waals surface area (Å²) >= 11 is 6.01. The molecule has 1 aliphatic carbocycles. The summed E-state index contributed by atoms with van der Waals surface area (Å²) in [6.07, 6.45) is 9.19. The minimum atomic E-state index is 0.552. The Morgan fingerprint density at radius 3 is 2.81 bits per heavy atom. The van der Waals surface area contributed by atoms with Crippen LogP contribution in [0, 0.1) is 0 Å². The van der Waals surface area contributed by atoms with Gasteiger partial charge >= 0.3 is 0 Å². The number of hydrogen-bond donors (Lipinski definition) is 2. The molecule has 0 fully saturated rings. The monoisotopic (exact) mass is 387 g/mol. The zero-order valence-corrected chi connectivity index (χ0v) is 16.4. The van der Waals surface area contributed by atoms with Gasteiger partial charge in [0, 0.05) is 37.1 Å². The Balaban J connectivity index is 1.41. The quantitative estimate of drug-likeness (QED) is 0.427. The first-order chi connectivity index (χ1) is 13.2. The molecule has 0 spiro atoms. The van der Waals surface area contributed by atoms with E-state index in [0.717, 1.165) is 24.5 Å². The SMILES string of the molecule is CN=C(NCCC1=CCCCC1)NCCc1nc(-c2cccc(Cl)c2)no1. The van der Waals surface area contributed by atoms with Crippen molar-refractivity contribution in [2.24, 2.45) is 4.99 Å². The van der Waals surface area contributed by atoms with E-state index in [1.54, 1.807) is 12.6 Å². The standard InChI is InChI=1S/C20H26ClN5O/c1-22-20(23-12-10-15-6-3-2-4-7-15)24-13-11-18-25-19(26-27-18)16-8-5-9-17(21)14-16/h5-6,8-9,14H,2-4,7,10-13H2,1H3,(H2,22,23,24). The van der Waals surface area contributed by atoms with Gasteiger partial charge in [-0.2, -0.15) is 4.98 Å². The molecule has 0 saturated carbocycles. The van der Waals surface area contributed by atoms with Crippen LogP contribution in [0.15, 0.2) is 45.4 Å². The van der Waals surface area contributed by atoms with Crippen LogP contribution in [0.25, 0.3) is 11.4 Å². The minimum absolute atomic E-state index is 0.552. The molecule has 1 heterocycles. The van der Waals surface area contributed by atoms with Gasteiger partial charge in [-0.3, -0.25) is 4.99 Å². The second-order valence-corrected chi connectivity index (χ2v) is 6.99. The molecule has 0 unspecified atom stereocenters. The normalized spacial score (nSPS) is 14.7. The first-order valence-corrected chi connectivity index (χ1v) is 9.83. The Hall–Kier alpha value is -2.34. The molecule has 1 aromatic carbocycles. The minimum Gasteiger partial charge on any atom is -0.356 e. The number of guanidine groups is 1. The topological polar surface area (TPSA) is 75.3 Å². The molecule has 1 aliphatic rings. The fourth-order valence-corrected chi connectivity index (χ4v) is 3.27. The number of allylic oxidation sites excluding steroid dienone is 1. The average molecular weight is 388 g/mol. The van der Waals surface area contributed by atoms with E-state index in [-0.39, 0.29) is 0 Å². The number of benzene rings is 1. The first-order valence-electron chi connectivity index (χ1n) is 9.45. The molecule has 0 amide bonds. The number of nitrogens with zero attached hydrogens (tertiary/aromatic N) is 3. The van der Waals surface area contributed by atoms with Gasteiger partial charge in [-0.05, 0) is 44.2 Å². The zero-order valence-electron chi connectivity index (χ0n) is 15.7. The van der Waals surface area contributed by atoms with Crippen LogP contribution < -0.4 is 10.6 Å². The molecule has 144 valence electrons. The van der Waals surface area contributed by atoms with Crippen molar-refractivity contribution in [1.82, 2.24) is 20.8 Å². The van der Waals surface area contributed by atoms with E-state index in [0.29, 0.717) is 29.7 Å². The van der Waals surface area contributed by atoms with E-state index >= 15 is 0 Å². The molecular formula is C20H26ClN5O. The second kappa shape index (κ2) is 10.1. The Morgan fingerprint density at radius 1 is 1.22 bits per heavy atom. The molecule has 6 nitrogen and oxygen atoms in total. The molecule has 27 heavy (non-hydrogen) atoms. The van der Waals surface area contributed by atoms with Gasteiger partial charge in [0.25, 0.3) is 0 Å². The molecular weight excluding hydrogens is 362 g/mol. The van der Waals surface area contributed by atoms with Crippen LogP contribution in [0.3, 0.4) is 0 Å². The second-order valence-electron chi connectivity index (χ2n) is 6.56. The van der Waals surface area contributed by atoms with E-state index in [4.69, 9.17) is 16.1 Å². The number of hydrogen-bond acceptors (Lipinski definition) is 4. The fraction of sp³-hybridized carbons (Fsp3) is 0.450. The highest BCUT2D eigenvalue weighted by Crippen LogP contribution is 2.20. The van der Waals surface area contributed by atoms with E-state index in [1.165, 1.54) is 25.7 Å². The van der Waals surface area contributed by atoms with Gasteiger partial charge in [0.15, 0.2) is 5.96 Å². The Kier molecular flexibility index (Phi) is 7.27. The van der Waals surface area contributed by atoms with Gasteiger partial charge < -0.3 is 15.2 Å². The highest BCUT2D eigenvalue weighted by Gasteiger charge is 2.09. The lowest BCUT2D eigenvalue weighted by atomic mass is 9.97. The lowest BCUT2D eigenvalue weighted by Gasteiger charge is -2.14. The molecule has 1 aromatic heterocycles. The summed E-state index contributed by atoms with van der Waals surface area (Å²) in [4.78, 5) is 8.68. The van der Waals surface area contributed by atoms with Crippen LogP contribution in [-0.4, -0.2) is 36.2 Å². The van der Waals surface area contributed by atoms with Crippen LogP contribution in [0.4, 0.5) is 0 Å². The van der Waals surface area contributed by atoms with E-state index in [1.807, 2.05) is 24.3 Å². The number of rotatable bonds is 7. The summed E-state index contributed by atoms with van der Waals surface area (Å²) in [7, 11) is 1.78. The lowest BCUT2D eigenvalue weighted by molar-refractivity contribution is 0.378. The highest BCUT2D eigenvalue weighted by molar-refractivity contribution is 6.30. The smallest absolute Gasteiger partial charge is 0.228 e. The van der Waals surface area contributed by atoms with Gasteiger partial charge in [0.05, 0.1) is 0 Å². The molecule has 2 N–H and O–H groups in total. The molecule has 0 aliphatic heterocycles. The largest absolute Gasteiger partial charge is 0.356 e. The van der Waals surface area contributed by atoms with Crippen molar-refractivity contribution in [3.63, 3.8) is 0 Å². The Labute approximate surface area is 165 Å². The van der Waals surface area contributed by atoms with Gasteiger partial charge in [0.2, 0.25) is 11.7 Å². The first kappa shape index (κ1) is 19.4. The molecule has 7 heteroatoms. The average Bonchev–Trinajstić information content (AvgIpc) is 3.16. The van der Waals surface area contributed by atoms with E-state index in [2.05, 4.69) is 31.8 Å². The maximum atomic E-state index is 6.01. The summed E-state index contributed by atoms with van der Waals surface area (Å²) in [5, 5.41) is 11.3. The highest BCUT2D eigenvalue weighted by atomic mass is 35.5. The number of nitrogens with one attached hydrogen (secondary N) is 2.